The van der Waals surface area contributed by atoms with Gasteiger partial charge in [-0.25, -0.2) is 18.1 Å². The summed E-state index contributed by atoms with van der Waals surface area (Å²) < 4.78 is 46.4. The molecule has 0 bridgehead atoms. The molecule has 0 radical (unpaired) electrons. The number of H-pyrrole nitrogens is 1. The first-order valence-corrected chi connectivity index (χ1v) is 23.4. The molecule has 1 spiro atoms. The number of hydrogen-bond acceptors (Lipinski definition) is 11. The van der Waals surface area contributed by atoms with Crippen LogP contribution < -0.4 is 24.6 Å². The molecule has 0 unspecified atom stereocenters. The Morgan fingerprint density at radius 1 is 1.00 bits per heavy atom. The van der Waals surface area contributed by atoms with Crippen LogP contribution in [0.15, 0.2) is 95.7 Å². The van der Waals surface area contributed by atoms with Crippen molar-refractivity contribution in [3.05, 3.63) is 117 Å². The van der Waals surface area contributed by atoms with Crippen LogP contribution in [0.2, 0.25) is 5.02 Å². The lowest BCUT2D eigenvalue weighted by molar-refractivity contribution is -0.895. The van der Waals surface area contributed by atoms with Gasteiger partial charge in [0.2, 0.25) is 0 Å². The number of nitro groups is 1. The fourth-order valence-electron chi connectivity index (χ4n) is 8.89. The summed E-state index contributed by atoms with van der Waals surface area (Å²) in [4.78, 5) is 36.0. The van der Waals surface area contributed by atoms with Crippen LogP contribution in [0.25, 0.3) is 16.6 Å². The highest BCUT2D eigenvalue weighted by molar-refractivity contribution is 7.90. The number of fused-ring (bicyclic) bond motifs is 1. The number of amides is 1. The molecule has 3 aromatic carbocycles. The topological polar surface area (TPSA) is 182 Å². The summed E-state index contributed by atoms with van der Waals surface area (Å²) in [5, 5.41) is 16.5. The van der Waals surface area contributed by atoms with Gasteiger partial charge in [0.25, 0.3) is 21.6 Å². The summed E-state index contributed by atoms with van der Waals surface area (Å²) >= 11 is 6.28. The Morgan fingerprint density at radius 3 is 2.54 bits per heavy atom. The molecule has 3 heterocycles. The number of halogens is 1. The number of aromatic amines is 1. The number of sulfonamides is 1. The van der Waals surface area contributed by atoms with Crippen molar-refractivity contribution in [2.24, 2.45) is 5.41 Å². The van der Waals surface area contributed by atoms with E-state index in [1.807, 2.05) is 25.1 Å². The number of carbonyl (C=O) groups excluding carboxylic acids is 1. The van der Waals surface area contributed by atoms with Gasteiger partial charge >= 0.3 is 0 Å². The molecule has 15 nitrogen and oxygen atoms in total. The molecule has 2 aromatic heterocycles. The van der Waals surface area contributed by atoms with Crippen molar-refractivity contribution in [3.63, 3.8) is 0 Å². The second-order valence-electron chi connectivity index (χ2n) is 16.5. The minimum atomic E-state index is -4.57. The molecule has 2 aliphatic carbocycles. The molecular weight excluding hydrogens is 846 g/mol. The second-order valence-corrected chi connectivity index (χ2v) is 18.6. The molecule has 1 aliphatic heterocycles. The highest BCUT2D eigenvalue weighted by atomic mass is 35.5. The number of nitrogens with one attached hydrogen (secondary N) is 4. The first-order chi connectivity index (χ1) is 30.5. The van der Waals surface area contributed by atoms with Gasteiger partial charge in [0.05, 0.1) is 74.1 Å². The van der Waals surface area contributed by atoms with Gasteiger partial charge in [-0.2, -0.15) is 0 Å². The van der Waals surface area contributed by atoms with E-state index >= 15 is 0 Å². The zero-order chi connectivity index (χ0) is 44.0. The molecule has 8 rings (SSSR count). The average Bonchev–Trinajstić information content (AvgIpc) is 3.74. The Labute approximate surface area is 372 Å². The van der Waals surface area contributed by atoms with Crippen molar-refractivity contribution in [2.75, 3.05) is 75.9 Å². The van der Waals surface area contributed by atoms with Crippen LogP contribution >= 0.6 is 11.6 Å². The normalized spacial score (nSPS) is 16.6. The monoisotopic (exact) mass is 898 g/mol. The van der Waals surface area contributed by atoms with E-state index in [0.717, 1.165) is 67.7 Å². The second kappa shape index (κ2) is 19.5. The number of hydrogen-bond donors (Lipinski definition) is 4. The van der Waals surface area contributed by atoms with E-state index in [1.165, 1.54) is 60.0 Å². The van der Waals surface area contributed by atoms with E-state index in [-0.39, 0.29) is 30.2 Å². The number of carbonyl (C=O) groups is 1. The highest BCUT2D eigenvalue weighted by Gasteiger charge is 2.41. The lowest BCUT2D eigenvalue weighted by Crippen LogP contribution is -3.15. The minimum Gasteiger partial charge on any atom is -0.455 e. The molecule has 2 fully saturated rings. The minimum absolute atomic E-state index is 0.0407. The van der Waals surface area contributed by atoms with Crippen LogP contribution in [0, 0.1) is 15.5 Å². The Kier molecular flexibility index (Phi) is 13.6. The fraction of sp³-hybridized carbons (Fsp3) is 0.391. The molecule has 1 saturated carbocycles. The van der Waals surface area contributed by atoms with Gasteiger partial charge < -0.3 is 34.3 Å². The maximum absolute atomic E-state index is 13.9. The van der Waals surface area contributed by atoms with E-state index in [1.54, 1.807) is 36.0 Å². The molecule has 1 amide bonds. The third-order valence-corrected chi connectivity index (χ3v) is 14.1. The number of ether oxygens (including phenoxy) is 3. The van der Waals surface area contributed by atoms with Crippen LogP contribution in [-0.4, -0.2) is 94.9 Å². The van der Waals surface area contributed by atoms with Gasteiger partial charge in [0.1, 0.15) is 22.8 Å². The van der Waals surface area contributed by atoms with E-state index in [9.17, 15) is 23.3 Å². The van der Waals surface area contributed by atoms with Gasteiger partial charge in [-0.05, 0) is 110 Å². The summed E-state index contributed by atoms with van der Waals surface area (Å²) in [5.41, 5.74) is 5.86. The standard InChI is InChI=1S/C46H52ClN7O8S/c1-2-60-24-25-61-23-18-48-41-11-9-38(28-42(41)54(56)57)63(58,59)51-45(55)39-10-8-36(27-43(39)62-37-26-33-13-17-49-44(33)50-30-37)53-21-19-52(20-22-53)31-34-12-16-46(14-3-15-46)29-40(34)32-4-6-35(47)7-5-32/h4-11,13,17,26-28,30,48H,2-3,12,14-16,18-25,29,31H2,1H3,(H,49,50)(H,51,55)/p+1. The largest absolute Gasteiger partial charge is 0.455 e. The molecule has 0 atom stereocenters. The van der Waals surface area contributed by atoms with E-state index < -0.39 is 31.4 Å². The van der Waals surface area contributed by atoms with Crippen molar-refractivity contribution in [2.45, 2.75) is 50.3 Å². The van der Waals surface area contributed by atoms with Gasteiger partial charge in [-0.15, -0.1) is 0 Å². The SMILES string of the molecule is CCOCCOCCNc1ccc(S(=O)(=O)NC(=O)c2ccc(N3CC[NH+](CC4=C(c5ccc(Cl)cc5)CC5(CCC5)CC4)CC3)cc2Oc2cnc3[nH]ccc3c2)cc1[N+](=O)[O-]. The van der Waals surface area contributed by atoms with E-state index in [4.69, 9.17) is 25.8 Å². The van der Waals surface area contributed by atoms with Crippen LogP contribution in [-0.2, 0) is 19.5 Å². The molecule has 3 aliphatic rings. The molecule has 63 heavy (non-hydrogen) atoms. The predicted molar refractivity (Wildman–Crippen MR) is 242 cm³/mol. The third kappa shape index (κ3) is 10.5. The summed E-state index contributed by atoms with van der Waals surface area (Å²) in [6.45, 7) is 8.09. The van der Waals surface area contributed by atoms with E-state index in [2.05, 4.69) is 37.0 Å². The van der Waals surface area contributed by atoms with Crippen LogP contribution in [0.4, 0.5) is 17.1 Å². The quantitative estimate of drug-likeness (QED) is 0.0403. The first kappa shape index (κ1) is 44.1. The van der Waals surface area contributed by atoms with Crippen molar-refractivity contribution >= 4 is 61.2 Å². The van der Waals surface area contributed by atoms with Crippen LogP contribution in [0.3, 0.4) is 0 Å². The molecular formula is C46H53ClN7O8S+. The lowest BCUT2D eigenvalue weighted by atomic mass is 9.59. The molecule has 4 N–H and O–H groups in total. The number of quaternary nitrogens is 1. The third-order valence-electron chi connectivity index (χ3n) is 12.5. The maximum Gasteiger partial charge on any atom is 0.293 e. The van der Waals surface area contributed by atoms with E-state index in [0.29, 0.717) is 36.6 Å². The molecule has 5 aromatic rings. The number of aromatic nitrogens is 2. The van der Waals surface area contributed by atoms with Gasteiger partial charge in [0, 0.05) is 47.6 Å². The van der Waals surface area contributed by atoms with Crippen LogP contribution in [0.1, 0.15) is 61.4 Å². The van der Waals surface area contributed by atoms with Gasteiger partial charge in [-0.1, -0.05) is 30.2 Å². The molecule has 1 saturated heterocycles. The number of nitrogens with zero attached hydrogens (tertiary/aromatic N) is 3. The lowest BCUT2D eigenvalue weighted by Gasteiger charge is -2.46. The van der Waals surface area contributed by atoms with Crippen molar-refractivity contribution in [1.82, 2.24) is 14.7 Å². The van der Waals surface area contributed by atoms with Crippen molar-refractivity contribution in [3.8, 4) is 11.5 Å². The number of pyridine rings is 1. The van der Waals surface area contributed by atoms with Crippen molar-refractivity contribution < 1.29 is 37.2 Å². The summed E-state index contributed by atoms with van der Waals surface area (Å²) in [6.07, 6.45) is 10.7. The summed E-state index contributed by atoms with van der Waals surface area (Å²) in [7, 11) is -4.57. The maximum atomic E-state index is 13.9. The predicted octanol–water partition coefficient (Wildman–Crippen LogP) is 7.01. The van der Waals surface area contributed by atoms with Crippen molar-refractivity contribution in [1.29, 1.82) is 0 Å². The number of piperazine rings is 1. The number of allylic oxidation sites excluding steroid dienone is 1. The first-order valence-electron chi connectivity index (χ1n) is 21.5. The van der Waals surface area contributed by atoms with Gasteiger partial charge in [-0.3, -0.25) is 14.9 Å². The average molecular weight is 899 g/mol. The summed E-state index contributed by atoms with van der Waals surface area (Å²) in [5.74, 6) is -0.480. The van der Waals surface area contributed by atoms with Crippen LogP contribution in [0.5, 0.6) is 11.5 Å². The Balaban J connectivity index is 0.979. The molecule has 17 heteroatoms. The Morgan fingerprint density at radius 2 is 1.79 bits per heavy atom. The zero-order valence-electron chi connectivity index (χ0n) is 35.3. The number of rotatable bonds is 18. The van der Waals surface area contributed by atoms with Gasteiger partial charge in [0.15, 0.2) is 0 Å². The highest BCUT2D eigenvalue weighted by Crippen LogP contribution is 2.54. The number of anilines is 2. The Hall–Kier alpha value is -5.52. The number of nitro benzene ring substituents is 1. The Bertz CT molecular complexity index is 2590. The summed E-state index contributed by atoms with van der Waals surface area (Å²) in [6, 6.07) is 20.4. The number of benzene rings is 3. The molecule has 332 valence electrons. The fourth-order valence-corrected chi connectivity index (χ4v) is 10.0. The zero-order valence-corrected chi connectivity index (χ0v) is 36.9. The smallest absolute Gasteiger partial charge is 0.293 e.